The number of hydrogen-bond acceptors (Lipinski definition) is 1. The van der Waals surface area contributed by atoms with Crippen LogP contribution in [0.3, 0.4) is 0 Å². The highest BCUT2D eigenvalue weighted by Gasteiger charge is 2.14. The summed E-state index contributed by atoms with van der Waals surface area (Å²) >= 11 is 11.8. The van der Waals surface area contributed by atoms with E-state index in [-0.39, 0.29) is 0 Å². The highest BCUT2D eigenvalue weighted by Crippen LogP contribution is 2.36. The van der Waals surface area contributed by atoms with Gasteiger partial charge in [0, 0.05) is 10.6 Å². The van der Waals surface area contributed by atoms with E-state index in [2.05, 4.69) is 0 Å². The minimum atomic E-state index is 0.579. The quantitative estimate of drug-likeness (QED) is 0.638. The third kappa shape index (κ3) is 1.67. The second-order valence-corrected chi connectivity index (χ2v) is 3.84. The predicted octanol–water partition coefficient (Wildman–Crippen LogP) is 3.83. The Balaban J connectivity index is 2.52. The van der Waals surface area contributed by atoms with Crippen molar-refractivity contribution in [1.29, 1.82) is 0 Å². The van der Waals surface area contributed by atoms with Gasteiger partial charge in [-0.2, -0.15) is 0 Å². The average Bonchev–Trinajstić information content (AvgIpc) is 2.06. The fourth-order valence-corrected chi connectivity index (χ4v) is 1.91. The maximum Gasteiger partial charge on any atom is 0.149 e. The molecule has 0 aliphatic carbocycles. The fraction of sp³-hybridized carbons (Fsp3) is 0.200. The molecule has 0 aromatic heterocycles. The number of ether oxygens (including phenoxy) is 1. The minimum Gasteiger partial charge on any atom is -0.460 e. The van der Waals surface area contributed by atoms with E-state index in [1.165, 1.54) is 0 Å². The summed E-state index contributed by atoms with van der Waals surface area (Å²) in [6, 6.07) is 3.58. The molecule has 0 bridgehead atoms. The van der Waals surface area contributed by atoms with E-state index in [0.29, 0.717) is 10.0 Å². The zero-order valence-corrected chi connectivity index (χ0v) is 8.62. The van der Waals surface area contributed by atoms with E-state index < -0.39 is 0 Å². The van der Waals surface area contributed by atoms with Gasteiger partial charge in [0.15, 0.2) is 0 Å². The lowest BCUT2D eigenvalue weighted by molar-refractivity contribution is 0.412. The SMILES string of the molecule is CC1=CCc2cc(Cl)cc(Cl)c2O1. The zero-order valence-electron chi connectivity index (χ0n) is 7.10. The van der Waals surface area contributed by atoms with E-state index in [1.807, 2.05) is 19.1 Å². The Labute approximate surface area is 86.9 Å². The van der Waals surface area contributed by atoms with Crippen LogP contribution in [-0.4, -0.2) is 0 Å². The Kier molecular flexibility index (Phi) is 2.22. The van der Waals surface area contributed by atoms with Crippen LogP contribution in [0.5, 0.6) is 5.75 Å². The van der Waals surface area contributed by atoms with Crippen LogP contribution in [0.1, 0.15) is 12.5 Å². The molecule has 1 aliphatic heterocycles. The Morgan fingerprint density at radius 2 is 2.08 bits per heavy atom. The van der Waals surface area contributed by atoms with Gasteiger partial charge in [0.2, 0.25) is 0 Å². The van der Waals surface area contributed by atoms with Crippen LogP contribution >= 0.6 is 23.2 Å². The first kappa shape index (κ1) is 8.92. The first-order chi connectivity index (χ1) is 6.16. The molecular weight excluding hydrogens is 207 g/mol. The number of fused-ring (bicyclic) bond motifs is 1. The van der Waals surface area contributed by atoms with Crippen molar-refractivity contribution in [3.05, 3.63) is 39.6 Å². The van der Waals surface area contributed by atoms with Gasteiger partial charge in [0.25, 0.3) is 0 Å². The van der Waals surface area contributed by atoms with Gasteiger partial charge in [0.1, 0.15) is 5.75 Å². The van der Waals surface area contributed by atoms with Gasteiger partial charge in [-0.3, -0.25) is 0 Å². The molecule has 13 heavy (non-hydrogen) atoms. The Bertz CT molecular complexity index is 383. The van der Waals surface area contributed by atoms with E-state index in [1.54, 1.807) is 6.07 Å². The summed E-state index contributed by atoms with van der Waals surface area (Å²) in [5.41, 5.74) is 1.04. The van der Waals surface area contributed by atoms with Crippen LogP contribution < -0.4 is 4.74 Å². The lowest BCUT2D eigenvalue weighted by atomic mass is 10.1. The monoisotopic (exact) mass is 214 g/mol. The molecule has 0 fully saturated rings. The largest absolute Gasteiger partial charge is 0.460 e. The van der Waals surface area contributed by atoms with E-state index >= 15 is 0 Å². The first-order valence-corrected chi connectivity index (χ1v) is 4.75. The van der Waals surface area contributed by atoms with Crippen molar-refractivity contribution in [3.8, 4) is 5.75 Å². The molecule has 0 saturated carbocycles. The second kappa shape index (κ2) is 3.24. The van der Waals surface area contributed by atoms with Crippen LogP contribution in [0, 0.1) is 0 Å². The summed E-state index contributed by atoms with van der Waals surface area (Å²) in [5, 5.41) is 1.23. The molecular formula is C10H8Cl2O. The van der Waals surface area contributed by atoms with Crippen molar-refractivity contribution >= 4 is 23.2 Å². The van der Waals surface area contributed by atoms with Gasteiger partial charge < -0.3 is 4.74 Å². The summed E-state index contributed by atoms with van der Waals surface area (Å²) < 4.78 is 5.49. The van der Waals surface area contributed by atoms with Gasteiger partial charge in [-0.05, 0) is 31.6 Å². The average molecular weight is 215 g/mol. The molecule has 68 valence electrons. The molecule has 1 heterocycles. The third-order valence-corrected chi connectivity index (χ3v) is 2.46. The molecule has 0 saturated heterocycles. The highest BCUT2D eigenvalue weighted by atomic mass is 35.5. The van der Waals surface area contributed by atoms with Gasteiger partial charge in [-0.25, -0.2) is 0 Å². The molecule has 1 aromatic rings. The number of halogens is 2. The fourth-order valence-electron chi connectivity index (χ4n) is 1.34. The highest BCUT2D eigenvalue weighted by molar-refractivity contribution is 6.35. The van der Waals surface area contributed by atoms with Gasteiger partial charge in [-0.15, -0.1) is 0 Å². The molecule has 2 rings (SSSR count). The Hall–Kier alpha value is -0.660. The summed E-state index contributed by atoms with van der Waals surface area (Å²) in [6.07, 6.45) is 2.84. The molecule has 0 N–H and O–H groups in total. The van der Waals surface area contributed by atoms with Gasteiger partial charge in [-0.1, -0.05) is 23.2 Å². The first-order valence-electron chi connectivity index (χ1n) is 3.99. The van der Waals surface area contributed by atoms with Crippen molar-refractivity contribution in [2.75, 3.05) is 0 Å². The molecule has 0 spiro atoms. The molecule has 1 aromatic carbocycles. The van der Waals surface area contributed by atoms with Crippen molar-refractivity contribution in [3.63, 3.8) is 0 Å². The van der Waals surface area contributed by atoms with Crippen molar-refractivity contribution in [2.24, 2.45) is 0 Å². The standard InChI is InChI=1S/C10H8Cl2O/c1-6-2-3-7-4-8(11)5-9(12)10(7)13-6/h2,4-5H,3H2,1H3. The number of rotatable bonds is 0. The number of allylic oxidation sites excluding steroid dienone is 2. The molecule has 0 unspecified atom stereocenters. The van der Waals surface area contributed by atoms with Crippen molar-refractivity contribution in [1.82, 2.24) is 0 Å². The lowest BCUT2D eigenvalue weighted by Gasteiger charge is -2.17. The molecule has 1 aliphatic rings. The van der Waals surface area contributed by atoms with E-state index in [9.17, 15) is 0 Å². The smallest absolute Gasteiger partial charge is 0.149 e. The predicted molar refractivity (Wildman–Crippen MR) is 54.6 cm³/mol. The van der Waals surface area contributed by atoms with Gasteiger partial charge in [0.05, 0.1) is 10.8 Å². The molecule has 3 heteroatoms. The molecule has 0 amide bonds. The number of benzene rings is 1. The second-order valence-electron chi connectivity index (χ2n) is 3.00. The van der Waals surface area contributed by atoms with E-state index in [0.717, 1.165) is 23.5 Å². The summed E-state index contributed by atoms with van der Waals surface area (Å²) in [7, 11) is 0. The van der Waals surface area contributed by atoms with Crippen LogP contribution in [0.15, 0.2) is 24.0 Å². The maximum absolute atomic E-state index is 5.98. The van der Waals surface area contributed by atoms with Gasteiger partial charge >= 0.3 is 0 Å². The minimum absolute atomic E-state index is 0.579. The molecule has 0 atom stereocenters. The van der Waals surface area contributed by atoms with Crippen LogP contribution in [-0.2, 0) is 6.42 Å². The normalized spacial score (nSPS) is 14.5. The molecule has 0 radical (unpaired) electrons. The van der Waals surface area contributed by atoms with Crippen LogP contribution in [0.25, 0.3) is 0 Å². The molecule has 1 nitrogen and oxygen atoms in total. The Morgan fingerprint density at radius 3 is 2.85 bits per heavy atom. The van der Waals surface area contributed by atoms with Crippen LogP contribution in [0.4, 0.5) is 0 Å². The lowest BCUT2D eigenvalue weighted by Crippen LogP contribution is -2.02. The maximum atomic E-state index is 5.98. The summed E-state index contributed by atoms with van der Waals surface area (Å²) in [5.74, 6) is 1.63. The topological polar surface area (TPSA) is 9.23 Å². The van der Waals surface area contributed by atoms with Crippen LogP contribution in [0.2, 0.25) is 10.0 Å². The van der Waals surface area contributed by atoms with E-state index in [4.69, 9.17) is 27.9 Å². The Morgan fingerprint density at radius 1 is 1.31 bits per heavy atom. The third-order valence-electron chi connectivity index (χ3n) is 1.96. The zero-order chi connectivity index (χ0) is 9.42. The number of hydrogen-bond donors (Lipinski definition) is 0. The summed E-state index contributed by atoms with van der Waals surface area (Å²) in [6.45, 7) is 1.91. The van der Waals surface area contributed by atoms with Crippen molar-refractivity contribution in [2.45, 2.75) is 13.3 Å². The summed E-state index contributed by atoms with van der Waals surface area (Å²) in [4.78, 5) is 0. The van der Waals surface area contributed by atoms with Crippen molar-refractivity contribution < 1.29 is 4.74 Å².